The van der Waals surface area contributed by atoms with Crippen LogP contribution in [0, 0.1) is 0 Å². The van der Waals surface area contributed by atoms with Crippen LogP contribution in [0.5, 0.6) is 0 Å². The molecule has 34 valence electrons. The van der Waals surface area contributed by atoms with Crippen molar-refractivity contribution in [1.82, 2.24) is 4.98 Å². The molecule has 2 radical (unpaired) electrons. The van der Waals surface area contributed by atoms with E-state index < -0.39 is 0 Å². The highest BCUT2D eigenvalue weighted by atomic mass is 28.9. The van der Waals surface area contributed by atoms with Gasteiger partial charge in [0.05, 0.1) is 8.61 Å². The predicted octanol–water partition coefficient (Wildman–Crippen LogP) is -0.145. The minimum absolute atomic E-state index is 0.899. The summed E-state index contributed by atoms with van der Waals surface area (Å²) in [5.41, 5.74) is 2.19. The third kappa shape index (κ3) is 1.75. The zero-order valence-corrected chi connectivity index (χ0v) is 5.81. The van der Waals surface area contributed by atoms with Crippen LogP contribution in [0.25, 0.3) is 0 Å². The highest BCUT2D eigenvalue weighted by molar-refractivity contribution is 6.75. The molecule has 0 amide bonds. The summed E-state index contributed by atoms with van der Waals surface area (Å²) in [7, 11) is 1.87. The SMILES string of the molecule is C1=CN[Si]=[Si]C=C1. The molecular formula is C4H5NSi2. The van der Waals surface area contributed by atoms with E-state index in [1.54, 1.807) is 0 Å². The van der Waals surface area contributed by atoms with Crippen LogP contribution < -0.4 is 4.98 Å². The second kappa shape index (κ2) is 2.82. The van der Waals surface area contributed by atoms with E-state index >= 15 is 0 Å². The van der Waals surface area contributed by atoms with E-state index in [2.05, 4.69) is 16.8 Å². The summed E-state index contributed by atoms with van der Waals surface area (Å²) in [6.07, 6.45) is 6.08. The zero-order chi connectivity index (χ0) is 4.95. The maximum atomic E-state index is 3.14. The maximum Gasteiger partial charge on any atom is 0.130 e. The lowest BCUT2D eigenvalue weighted by Crippen LogP contribution is -2.03. The maximum absolute atomic E-state index is 3.14. The molecule has 3 heteroatoms. The van der Waals surface area contributed by atoms with Gasteiger partial charge >= 0.3 is 0 Å². The third-order valence-electron chi connectivity index (χ3n) is 0.615. The normalized spacial score (nSPS) is 16.0. The van der Waals surface area contributed by atoms with Crippen molar-refractivity contribution < 1.29 is 0 Å². The van der Waals surface area contributed by atoms with Crippen LogP contribution >= 0.6 is 0 Å². The van der Waals surface area contributed by atoms with Gasteiger partial charge in [-0.15, -0.1) is 0 Å². The van der Waals surface area contributed by atoms with E-state index in [0.717, 1.165) is 17.4 Å². The highest BCUT2D eigenvalue weighted by Gasteiger charge is 1.70. The fourth-order valence-electron chi connectivity index (χ4n) is 0.332. The number of rotatable bonds is 0. The van der Waals surface area contributed by atoms with Crippen LogP contribution in [0.1, 0.15) is 0 Å². The molecule has 0 fully saturated rings. The molecule has 0 aromatic carbocycles. The average molecular weight is 123 g/mol. The summed E-state index contributed by atoms with van der Waals surface area (Å²) in [6, 6.07) is 0. The Morgan fingerprint density at radius 2 is 2.29 bits per heavy atom. The van der Waals surface area contributed by atoms with Gasteiger partial charge in [0.15, 0.2) is 0 Å². The lowest BCUT2D eigenvalue weighted by Gasteiger charge is -1.77. The van der Waals surface area contributed by atoms with Gasteiger partial charge in [-0.3, -0.25) is 0 Å². The second-order valence-corrected chi connectivity index (χ2v) is 3.91. The Morgan fingerprint density at radius 1 is 1.29 bits per heavy atom. The van der Waals surface area contributed by atoms with Crippen LogP contribution in [0.15, 0.2) is 24.1 Å². The molecular weight excluding hydrogens is 118 g/mol. The lowest BCUT2D eigenvalue weighted by atomic mass is 10.6. The van der Waals surface area contributed by atoms with Gasteiger partial charge in [0.2, 0.25) is 0 Å². The van der Waals surface area contributed by atoms with E-state index in [1.165, 1.54) is 0 Å². The van der Waals surface area contributed by atoms with Crippen molar-refractivity contribution in [2.24, 2.45) is 0 Å². The summed E-state index contributed by atoms with van der Waals surface area (Å²) in [4.78, 5) is 3.14. The molecule has 0 saturated carbocycles. The van der Waals surface area contributed by atoms with Crippen molar-refractivity contribution in [3.05, 3.63) is 24.1 Å². The molecule has 7 heavy (non-hydrogen) atoms. The first-order valence-corrected chi connectivity index (χ1v) is 5.15. The van der Waals surface area contributed by atoms with Crippen molar-refractivity contribution in [3.63, 3.8) is 0 Å². The van der Waals surface area contributed by atoms with Crippen molar-refractivity contribution in [3.8, 4) is 0 Å². The van der Waals surface area contributed by atoms with Gasteiger partial charge in [0, 0.05) is 0 Å². The summed E-state index contributed by atoms with van der Waals surface area (Å²) < 4.78 is 0. The van der Waals surface area contributed by atoms with Crippen molar-refractivity contribution in [2.45, 2.75) is 0 Å². The van der Waals surface area contributed by atoms with Gasteiger partial charge in [-0.25, -0.2) is 0 Å². The summed E-state index contributed by atoms with van der Waals surface area (Å²) in [5, 5.41) is 0. The molecule has 0 aliphatic carbocycles. The number of allylic oxidation sites excluding steroid dienone is 2. The molecule has 1 aliphatic heterocycles. The van der Waals surface area contributed by atoms with Gasteiger partial charge in [0.25, 0.3) is 0 Å². The smallest absolute Gasteiger partial charge is 0.130 e. The second-order valence-electron chi connectivity index (χ2n) is 1.13. The molecule has 1 rings (SSSR count). The summed E-state index contributed by atoms with van der Waals surface area (Å²) in [6.45, 7) is 0. The monoisotopic (exact) mass is 123 g/mol. The van der Waals surface area contributed by atoms with Gasteiger partial charge < -0.3 is 4.98 Å². The molecule has 1 heterocycles. The topological polar surface area (TPSA) is 12.0 Å². The standard InChI is InChI=1S/C4H5NSi2/c1-2-4-6-7-5-3-1/h1-5H. The lowest BCUT2D eigenvalue weighted by molar-refractivity contribution is 1.39. The Hall–Kier alpha value is -0.286. The van der Waals surface area contributed by atoms with Gasteiger partial charge in [-0.05, 0) is 12.3 Å². The van der Waals surface area contributed by atoms with Crippen LogP contribution in [0.4, 0.5) is 0 Å². The van der Waals surface area contributed by atoms with Crippen molar-refractivity contribution in [2.75, 3.05) is 0 Å². The first kappa shape index (κ1) is 4.86. The van der Waals surface area contributed by atoms with E-state index in [9.17, 15) is 0 Å². The fourth-order valence-corrected chi connectivity index (χ4v) is 1.92. The Morgan fingerprint density at radius 3 is 3.29 bits per heavy atom. The Balaban J connectivity index is 2.60. The van der Waals surface area contributed by atoms with E-state index in [4.69, 9.17) is 0 Å². The highest BCUT2D eigenvalue weighted by Crippen LogP contribution is 1.71. The molecule has 0 spiro atoms. The average Bonchev–Trinajstić information content (AvgIpc) is 1.90. The molecule has 0 unspecified atom stereocenters. The van der Waals surface area contributed by atoms with E-state index in [1.807, 2.05) is 12.3 Å². The summed E-state index contributed by atoms with van der Waals surface area (Å²) in [5.74, 6) is 0. The van der Waals surface area contributed by atoms with Crippen LogP contribution in [0.3, 0.4) is 0 Å². The molecule has 0 saturated heterocycles. The van der Waals surface area contributed by atoms with E-state index in [0.29, 0.717) is 0 Å². The minimum atomic E-state index is 0.899. The number of hydrogen-bond donors (Lipinski definition) is 1. The molecule has 0 aromatic heterocycles. The van der Waals surface area contributed by atoms with Gasteiger partial charge in [0.1, 0.15) is 8.77 Å². The molecule has 0 bridgehead atoms. The van der Waals surface area contributed by atoms with Crippen molar-refractivity contribution in [1.29, 1.82) is 0 Å². The van der Waals surface area contributed by atoms with Gasteiger partial charge in [-0.1, -0.05) is 11.8 Å². The molecule has 0 aromatic rings. The van der Waals surface area contributed by atoms with Crippen LogP contribution in [0.2, 0.25) is 0 Å². The third-order valence-corrected chi connectivity index (χ3v) is 2.80. The molecule has 1 aliphatic rings. The van der Waals surface area contributed by atoms with Gasteiger partial charge in [-0.2, -0.15) is 0 Å². The number of hydrogen-bond acceptors (Lipinski definition) is 1. The first-order chi connectivity index (χ1) is 3.50. The van der Waals surface area contributed by atoms with E-state index in [-0.39, 0.29) is 0 Å². The van der Waals surface area contributed by atoms with Crippen LogP contribution in [-0.2, 0) is 0 Å². The first-order valence-electron chi connectivity index (χ1n) is 2.08. The predicted molar refractivity (Wildman–Crippen MR) is 32.9 cm³/mol. The quantitative estimate of drug-likeness (QED) is 0.442. The molecule has 0 atom stereocenters. The van der Waals surface area contributed by atoms with Crippen molar-refractivity contribution >= 4 is 17.4 Å². The zero-order valence-electron chi connectivity index (χ0n) is 3.81. The summed E-state index contributed by atoms with van der Waals surface area (Å²) >= 11 is 0. The molecule has 1 nitrogen and oxygen atoms in total. The Bertz CT molecular complexity index is 112. The molecule has 1 N–H and O–H groups in total. The fraction of sp³-hybridized carbons (Fsp3) is 0. The Kier molecular flexibility index (Phi) is 1.96. The minimum Gasteiger partial charge on any atom is -0.400 e. The largest absolute Gasteiger partial charge is 0.400 e. The Labute approximate surface area is 47.2 Å². The van der Waals surface area contributed by atoms with Crippen LogP contribution in [-0.4, -0.2) is 17.4 Å². The number of nitrogens with one attached hydrogen (secondary N) is 1.